The molecule has 0 saturated carbocycles. The largest absolute Gasteiger partial charge is 0.334 e. The summed E-state index contributed by atoms with van der Waals surface area (Å²) in [5, 5.41) is 1.12. The molecule has 0 aliphatic heterocycles. The molecule has 2 rings (SSSR count). The molecule has 4 heteroatoms. The molecule has 0 amide bonds. The van der Waals surface area contributed by atoms with E-state index in [4.69, 9.17) is 5.73 Å². The van der Waals surface area contributed by atoms with E-state index in [-0.39, 0.29) is 0 Å². The van der Waals surface area contributed by atoms with Crippen LogP contribution < -0.4 is 5.73 Å². The molecule has 0 bridgehead atoms. The fourth-order valence-electron chi connectivity index (χ4n) is 1.37. The number of hydrogen-bond donors (Lipinski definition) is 1. The summed E-state index contributed by atoms with van der Waals surface area (Å²) in [6, 6.07) is 2.06. The summed E-state index contributed by atoms with van der Waals surface area (Å²) in [5.41, 5.74) is 7.57. The molecule has 0 atom stereocenters. The Labute approximate surface area is 84.7 Å². The molecular weight excluding hydrogens is 230 g/mol. The van der Waals surface area contributed by atoms with E-state index in [1.54, 1.807) is 0 Å². The Morgan fingerprint density at radius 1 is 1.62 bits per heavy atom. The standard InChI is InChI=1S/C9H10BrN3/c1-13-5-8(10)7-2-6(3-11)4-12-9(7)13/h2,4-5H,3,11H2,1H3. The van der Waals surface area contributed by atoms with Crippen LogP contribution in [0, 0.1) is 0 Å². The minimum Gasteiger partial charge on any atom is -0.334 e. The lowest BCUT2D eigenvalue weighted by Gasteiger charge is -1.97. The fraction of sp³-hybridized carbons (Fsp3) is 0.222. The Morgan fingerprint density at radius 2 is 2.38 bits per heavy atom. The van der Waals surface area contributed by atoms with Gasteiger partial charge >= 0.3 is 0 Å². The summed E-state index contributed by atoms with van der Waals surface area (Å²) < 4.78 is 3.05. The van der Waals surface area contributed by atoms with Crippen molar-refractivity contribution in [2.75, 3.05) is 0 Å². The van der Waals surface area contributed by atoms with Gasteiger partial charge in [-0.1, -0.05) is 0 Å². The van der Waals surface area contributed by atoms with Gasteiger partial charge in [0.1, 0.15) is 5.65 Å². The molecular formula is C9H10BrN3. The topological polar surface area (TPSA) is 43.8 Å². The second-order valence-electron chi connectivity index (χ2n) is 3.01. The van der Waals surface area contributed by atoms with Gasteiger partial charge in [-0.05, 0) is 27.6 Å². The molecule has 0 aliphatic rings. The van der Waals surface area contributed by atoms with Crippen LogP contribution in [0.25, 0.3) is 11.0 Å². The summed E-state index contributed by atoms with van der Waals surface area (Å²) >= 11 is 3.48. The van der Waals surface area contributed by atoms with E-state index in [0.717, 1.165) is 21.1 Å². The molecule has 0 aromatic carbocycles. The van der Waals surface area contributed by atoms with E-state index in [0.29, 0.717) is 6.54 Å². The summed E-state index contributed by atoms with van der Waals surface area (Å²) in [5.74, 6) is 0. The number of nitrogens with two attached hydrogens (primary N) is 1. The third kappa shape index (κ3) is 1.36. The van der Waals surface area contributed by atoms with Gasteiger partial charge in [-0.3, -0.25) is 0 Å². The molecule has 2 N–H and O–H groups in total. The van der Waals surface area contributed by atoms with Crippen LogP contribution >= 0.6 is 15.9 Å². The van der Waals surface area contributed by atoms with E-state index >= 15 is 0 Å². The lowest BCUT2D eigenvalue weighted by Crippen LogP contribution is -1.97. The zero-order valence-electron chi connectivity index (χ0n) is 7.29. The molecule has 3 nitrogen and oxygen atoms in total. The summed E-state index contributed by atoms with van der Waals surface area (Å²) in [6.07, 6.45) is 3.81. The Kier molecular flexibility index (Phi) is 2.09. The van der Waals surface area contributed by atoms with Crippen LogP contribution in [0.2, 0.25) is 0 Å². The summed E-state index contributed by atoms with van der Waals surface area (Å²) in [4.78, 5) is 4.33. The van der Waals surface area contributed by atoms with Gasteiger partial charge in [-0.15, -0.1) is 0 Å². The van der Waals surface area contributed by atoms with Gasteiger partial charge in [-0.25, -0.2) is 4.98 Å². The lowest BCUT2D eigenvalue weighted by atomic mass is 10.2. The van der Waals surface area contributed by atoms with Crippen molar-refractivity contribution < 1.29 is 0 Å². The Balaban J connectivity index is 2.76. The Hall–Kier alpha value is -0.870. The van der Waals surface area contributed by atoms with Crippen LogP contribution in [0.5, 0.6) is 0 Å². The number of rotatable bonds is 1. The van der Waals surface area contributed by atoms with Gasteiger partial charge in [0.05, 0.1) is 0 Å². The first-order chi connectivity index (χ1) is 6.22. The quantitative estimate of drug-likeness (QED) is 0.825. The van der Waals surface area contributed by atoms with Crippen molar-refractivity contribution in [2.24, 2.45) is 12.8 Å². The van der Waals surface area contributed by atoms with Gasteiger partial charge in [0.25, 0.3) is 0 Å². The molecule has 0 aliphatic carbocycles. The van der Waals surface area contributed by atoms with Gasteiger partial charge in [0.15, 0.2) is 0 Å². The molecule has 2 aromatic heterocycles. The zero-order valence-corrected chi connectivity index (χ0v) is 8.87. The highest BCUT2D eigenvalue weighted by molar-refractivity contribution is 9.10. The van der Waals surface area contributed by atoms with Crippen molar-refractivity contribution in [3.8, 4) is 0 Å². The van der Waals surface area contributed by atoms with E-state index < -0.39 is 0 Å². The molecule has 68 valence electrons. The van der Waals surface area contributed by atoms with Crippen LogP contribution in [0.15, 0.2) is 22.9 Å². The van der Waals surface area contributed by atoms with Crippen molar-refractivity contribution in [3.05, 3.63) is 28.5 Å². The minimum atomic E-state index is 0.532. The van der Waals surface area contributed by atoms with Crippen molar-refractivity contribution >= 4 is 27.0 Å². The van der Waals surface area contributed by atoms with Crippen molar-refractivity contribution in [3.63, 3.8) is 0 Å². The number of aryl methyl sites for hydroxylation is 1. The van der Waals surface area contributed by atoms with Gasteiger partial charge in [0.2, 0.25) is 0 Å². The van der Waals surface area contributed by atoms with E-state index in [9.17, 15) is 0 Å². The number of nitrogens with zero attached hydrogens (tertiary/aromatic N) is 2. The van der Waals surface area contributed by atoms with Crippen LogP contribution in [0.1, 0.15) is 5.56 Å². The number of pyridine rings is 1. The lowest BCUT2D eigenvalue weighted by molar-refractivity contribution is 0.942. The van der Waals surface area contributed by atoms with Gasteiger partial charge < -0.3 is 10.3 Å². The average molecular weight is 240 g/mol. The number of aromatic nitrogens is 2. The monoisotopic (exact) mass is 239 g/mol. The van der Waals surface area contributed by atoms with Crippen LogP contribution in [0.4, 0.5) is 0 Å². The maximum Gasteiger partial charge on any atom is 0.140 e. The molecule has 0 saturated heterocycles. The van der Waals surface area contributed by atoms with Gasteiger partial charge in [0, 0.05) is 35.8 Å². The SMILES string of the molecule is Cn1cc(Br)c2cc(CN)cnc21. The Bertz CT molecular complexity index is 447. The van der Waals surface area contributed by atoms with Crippen molar-refractivity contribution in [1.82, 2.24) is 9.55 Å². The first kappa shape index (κ1) is 8.72. The first-order valence-electron chi connectivity index (χ1n) is 4.02. The number of halogens is 1. The van der Waals surface area contributed by atoms with E-state index in [1.807, 2.05) is 24.0 Å². The Morgan fingerprint density at radius 3 is 3.08 bits per heavy atom. The highest BCUT2D eigenvalue weighted by atomic mass is 79.9. The smallest absolute Gasteiger partial charge is 0.140 e. The minimum absolute atomic E-state index is 0.532. The van der Waals surface area contributed by atoms with Crippen molar-refractivity contribution in [2.45, 2.75) is 6.54 Å². The van der Waals surface area contributed by atoms with Gasteiger partial charge in [-0.2, -0.15) is 0 Å². The third-order valence-corrected chi connectivity index (χ3v) is 2.69. The van der Waals surface area contributed by atoms with Crippen LogP contribution in [-0.4, -0.2) is 9.55 Å². The third-order valence-electron chi connectivity index (χ3n) is 2.06. The predicted octanol–water partition coefficient (Wildman–Crippen LogP) is 1.79. The van der Waals surface area contributed by atoms with E-state index in [2.05, 4.69) is 27.0 Å². The average Bonchev–Trinajstić information content (AvgIpc) is 2.42. The highest BCUT2D eigenvalue weighted by Gasteiger charge is 2.05. The summed E-state index contributed by atoms with van der Waals surface area (Å²) in [7, 11) is 1.97. The maximum atomic E-state index is 5.54. The molecule has 13 heavy (non-hydrogen) atoms. The fourth-order valence-corrected chi connectivity index (χ4v) is 1.97. The predicted molar refractivity (Wildman–Crippen MR) is 56.3 cm³/mol. The molecule has 0 unspecified atom stereocenters. The number of hydrogen-bond acceptors (Lipinski definition) is 2. The highest BCUT2D eigenvalue weighted by Crippen LogP contribution is 2.24. The number of fused-ring (bicyclic) bond motifs is 1. The molecule has 0 radical (unpaired) electrons. The van der Waals surface area contributed by atoms with E-state index in [1.165, 1.54) is 0 Å². The normalized spacial score (nSPS) is 11.0. The van der Waals surface area contributed by atoms with Crippen LogP contribution in [0.3, 0.4) is 0 Å². The molecule has 2 aromatic rings. The zero-order chi connectivity index (χ0) is 9.42. The molecule has 0 fully saturated rings. The van der Waals surface area contributed by atoms with Crippen molar-refractivity contribution in [1.29, 1.82) is 0 Å². The van der Waals surface area contributed by atoms with Crippen LogP contribution in [-0.2, 0) is 13.6 Å². The molecule has 0 spiro atoms. The second kappa shape index (κ2) is 3.12. The second-order valence-corrected chi connectivity index (χ2v) is 3.86. The molecule has 2 heterocycles. The summed E-state index contributed by atoms with van der Waals surface area (Å²) in [6.45, 7) is 0.532. The maximum absolute atomic E-state index is 5.54. The first-order valence-corrected chi connectivity index (χ1v) is 4.81.